The van der Waals surface area contributed by atoms with Gasteiger partial charge < -0.3 is 0 Å². The van der Waals surface area contributed by atoms with E-state index in [1.165, 1.54) is 5.56 Å². The molecule has 3 nitrogen and oxygen atoms in total. The Morgan fingerprint density at radius 1 is 1.40 bits per heavy atom. The molecule has 0 bridgehead atoms. The lowest BCUT2D eigenvalue weighted by Gasteiger charge is -2.05. The molecule has 0 amide bonds. The molecule has 2 heterocycles. The van der Waals surface area contributed by atoms with Gasteiger partial charge in [-0.3, -0.25) is 9.67 Å². The largest absolute Gasteiger partial charge is 0.259 e. The van der Waals surface area contributed by atoms with Crippen LogP contribution in [0.3, 0.4) is 0 Å². The Balaban J connectivity index is 2.29. The summed E-state index contributed by atoms with van der Waals surface area (Å²) >= 11 is 6.77. The van der Waals surface area contributed by atoms with Gasteiger partial charge in [-0.25, -0.2) is 0 Å². The second-order valence-electron chi connectivity index (χ2n) is 3.21. The van der Waals surface area contributed by atoms with Crippen molar-refractivity contribution in [1.29, 1.82) is 0 Å². The number of hydrogen-bond donors (Lipinski definition) is 0. The predicted octanol–water partition coefficient (Wildman–Crippen LogP) is 3.16. The Labute approximate surface area is 105 Å². The Hall–Kier alpha value is -0.680. The van der Waals surface area contributed by atoms with Crippen LogP contribution >= 0.6 is 31.9 Å². The van der Waals surface area contributed by atoms with Crippen molar-refractivity contribution in [2.75, 3.05) is 0 Å². The SMILES string of the molecule is Cc1cccnc1Cn1nc(Br)cc1Br. The minimum Gasteiger partial charge on any atom is -0.259 e. The van der Waals surface area contributed by atoms with Gasteiger partial charge >= 0.3 is 0 Å². The van der Waals surface area contributed by atoms with Crippen molar-refractivity contribution >= 4 is 31.9 Å². The Bertz CT molecular complexity index is 479. The number of rotatable bonds is 2. The van der Waals surface area contributed by atoms with Crippen LogP contribution in [0.1, 0.15) is 11.3 Å². The molecular weight excluding hydrogens is 322 g/mol. The van der Waals surface area contributed by atoms with Gasteiger partial charge in [-0.15, -0.1) is 0 Å². The molecular formula is C10H9Br2N3. The van der Waals surface area contributed by atoms with E-state index < -0.39 is 0 Å². The van der Waals surface area contributed by atoms with Gasteiger partial charge in [-0.2, -0.15) is 5.10 Å². The van der Waals surface area contributed by atoms with Gasteiger partial charge in [0.15, 0.2) is 0 Å². The highest BCUT2D eigenvalue weighted by molar-refractivity contribution is 9.11. The first-order valence-corrected chi connectivity index (χ1v) is 6.05. The molecule has 78 valence electrons. The topological polar surface area (TPSA) is 30.7 Å². The van der Waals surface area contributed by atoms with Crippen LogP contribution in [0.15, 0.2) is 33.6 Å². The summed E-state index contributed by atoms with van der Waals surface area (Å²) in [5, 5.41) is 4.29. The maximum absolute atomic E-state index is 4.33. The van der Waals surface area contributed by atoms with Gasteiger partial charge in [0.1, 0.15) is 9.21 Å². The molecule has 0 N–H and O–H groups in total. The van der Waals surface area contributed by atoms with Crippen molar-refractivity contribution in [2.45, 2.75) is 13.5 Å². The average Bonchev–Trinajstić information content (AvgIpc) is 2.49. The third kappa shape index (κ3) is 2.46. The predicted molar refractivity (Wildman–Crippen MR) is 65.7 cm³/mol. The fraction of sp³-hybridized carbons (Fsp3) is 0.200. The minimum absolute atomic E-state index is 0.679. The maximum atomic E-state index is 4.33. The van der Waals surface area contributed by atoms with E-state index in [2.05, 4.69) is 54.9 Å². The molecule has 2 aromatic rings. The molecule has 0 radical (unpaired) electrons. The van der Waals surface area contributed by atoms with Crippen molar-refractivity contribution in [3.05, 3.63) is 44.9 Å². The van der Waals surface area contributed by atoms with Crippen LogP contribution in [0, 0.1) is 6.92 Å². The molecule has 0 saturated heterocycles. The highest BCUT2D eigenvalue weighted by Crippen LogP contribution is 2.17. The summed E-state index contributed by atoms with van der Waals surface area (Å²) in [5.41, 5.74) is 2.21. The monoisotopic (exact) mass is 329 g/mol. The molecule has 0 saturated carbocycles. The Kier molecular flexibility index (Phi) is 3.21. The summed E-state index contributed by atoms with van der Waals surface area (Å²) in [6.07, 6.45) is 1.80. The normalized spacial score (nSPS) is 10.6. The number of hydrogen-bond acceptors (Lipinski definition) is 2. The lowest BCUT2D eigenvalue weighted by atomic mass is 10.2. The summed E-state index contributed by atoms with van der Waals surface area (Å²) in [4.78, 5) is 4.33. The van der Waals surface area contributed by atoms with E-state index in [1.54, 1.807) is 6.20 Å². The molecule has 2 rings (SSSR count). The van der Waals surface area contributed by atoms with Crippen molar-refractivity contribution in [1.82, 2.24) is 14.8 Å². The number of pyridine rings is 1. The van der Waals surface area contributed by atoms with Crippen molar-refractivity contribution in [2.24, 2.45) is 0 Å². The number of aryl methyl sites for hydroxylation is 1. The highest BCUT2D eigenvalue weighted by atomic mass is 79.9. The molecule has 0 aliphatic rings. The zero-order valence-electron chi connectivity index (χ0n) is 8.11. The highest BCUT2D eigenvalue weighted by Gasteiger charge is 2.06. The van der Waals surface area contributed by atoms with Crippen LogP contribution in [-0.2, 0) is 6.54 Å². The Morgan fingerprint density at radius 2 is 2.20 bits per heavy atom. The van der Waals surface area contributed by atoms with Gasteiger partial charge in [-0.05, 0) is 50.4 Å². The van der Waals surface area contributed by atoms with Crippen LogP contribution in [0.4, 0.5) is 0 Å². The second kappa shape index (κ2) is 4.45. The van der Waals surface area contributed by atoms with Crippen LogP contribution in [0.5, 0.6) is 0 Å². The molecule has 0 fully saturated rings. The summed E-state index contributed by atoms with van der Waals surface area (Å²) in [6.45, 7) is 2.73. The van der Waals surface area contributed by atoms with Crippen molar-refractivity contribution in [3.63, 3.8) is 0 Å². The van der Waals surface area contributed by atoms with E-state index in [9.17, 15) is 0 Å². The van der Waals surface area contributed by atoms with E-state index in [0.717, 1.165) is 14.9 Å². The van der Waals surface area contributed by atoms with Crippen molar-refractivity contribution < 1.29 is 0 Å². The van der Waals surface area contributed by atoms with E-state index in [1.807, 2.05) is 16.8 Å². The molecule has 0 aliphatic carbocycles. The zero-order valence-corrected chi connectivity index (χ0v) is 11.3. The third-order valence-corrected chi connectivity index (χ3v) is 3.14. The third-order valence-electron chi connectivity index (χ3n) is 2.12. The smallest absolute Gasteiger partial charge is 0.129 e. The number of halogens is 2. The lowest BCUT2D eigenvalue weighted by Crippen LogP contribution is -2.05. The molecule has 0 spiro atoms. The van der Waals surface area contributed by atoms with Crippen LogP contribution in [-0.4, -0.2) is 14.8 Å². The van der Waals surface area contributed by atoms with Gasteiger partial charge in [0.05, 0.1) is 12.2 Å². The summed E-state index contributed by atoms with van der Waals surface area (Å²) < 4.78 is 3.63. The van der Waals surface area contributed by atoms with Gasteiger partial charge in [0, 0.05) is 12.3 Å². The molecule has 0 atom stereocenters. The first-order chi connectivity index (χ1) is 7.16. The first kappa shape index (κ1) is 10.8. The van der Waals surface area contributed by atoms with Crippen molar-refractivity contribution in [3.8, 4) is 0 Å². The summed E-state index contributed by atoms with van der Waals surface area (Å²) in [5.74, 6) is 0. The fourth-order valence-corrected chi connectivity index (χ4v) is 2.44. The van der Waals surface area contributed by atoms with Crippen LogP contribution in [0.25, 0.3) is 0 Å². The minimum atomic E-state index is 0.679. The lowest BCUT2D eigenvalue weighted by molar-refractivity contribution is 0.651. The van der Waals surface area contributed by atoms with Gasteiger partial charge in [0.2, 0.25) is 0 Å². The maximum Gasteiger partial charge on any atom is 0.129 e. The molecule has 0 aliphatic heterocycles. The van der Waals surface area contributed by atoms with E-state index in [4.69, 9.17) is 0 Å². The zero-order chi connectivity index (χ0) is 10.8. The fourth-order valence-electron chi connectivity index (χ4n) is 1.30. The number of nitrogens with zero attached hydrogens (tertiary/aromatic N) is 3. The van der Waals surface area contributed by atoms with Crippen LogP contribution in [0.2, 0.25) is 0 Å². The Morgan fingerprint density at radius 3 is 2.80 bits per heavy atom. The van der Waals surface area contributed by atoms with Gasteiger partial charge in [0.25, 0.3) is 0 Å². The van der Waals surface area contributed by atoms with E-state index >= 15 is 0 Å². The standard InChI is InChI=1S/C10H9Br2N3/c1-7-3-2-4-13-8(7)6-15-10(12)5-9(11)14-15/h2-5H,6H2,1H3. The molecule has 5 heteroatoms. The molecule has 15 heavy (non-hydrogen) atoms. The van der Waals surface area contributed by atoms with Crippen LogP contribution < -0.4 is 0 Å². The summed E-state index contributed by atoms with van der Waals surface area (Å²) in [6, 6.07) is 5.90. The van der Waals surface area contributed by atoms with E-state index in [0.29, 0.717) is 6.54 Å². The van der Waals surface area contributed by atoms with Gasteiger partial charge in [-0.1, -0.05) is 6.07 Å². The molecule has 0 unspecified atom stereocenters. The second-order valence-corrected chi connectivity index (χ2v) is 4.84. The quantitative estimate of drug-likeness (QED) is 0.846. The molecule has 2 aromatic heterocycles. The average molecular weight is 331 g/mol. The number of aromatic nitrogens is 3. The molecule has 0 aromatic carbocycles. The first-order valence-electron chi connectivity index (χ1n) is 4.46. The summed E-state index contributed by atoms with van der Waals surface area (Å²) in [7, 11) is 0. The van der Waals surface area contributed by atoms with E-state index in [-0.39, 0.29) is 0 Å².